The van der Waals surface area contributed by atoms with Crippen molar-refractivity contribution >= 4 is 22.9 Å². The van der Waals surface area contributed by atoms with Crippen LogP contribution in [0.2, 0.25) is 4.34 Å². The predicted octanol–water partition coefficient (Wildman–Crippen LogP) is 4.41. The Balaban J connectivity index is 1.94. The van der Waals surface area contributed by atoms with Crippen LogP contribution in [0.25, 0.3) is 0 Å². The molecule has 1 unspecified atom stereocenters. The fourth-order valence-electron chi connectivity index (χ4n) is 2.82. The maximum absolute atomic E-state index is 12.8. The first-order chi connectivity index (χ1) is 10.9. The quantitative estimate of drug-likeness (QED) is 0.872. The van der Waals surface area contributed by atoms with Gasteiger partial charge in [-0.15, -0.1) is 11.3 Å². The minimum absolute atomic E-state index is 0.0584. The van der Waals surface area contributed by atoms with E-state index in [4.69, 9.17) is 11.6 Å². The first-order valence-electron chi connectivity index (χ1n) is 7.32. The zero-order chi connectivity index (χ0) is 16.4. The summed E-state index contributed by atoms with van der Waals surface area (Å²) in [7, 11) is 0. The number of halogens is 4. The molecule has 1 aromatic heterocycles. The van der Waals surface area contributed by atoms with Crippen LogP contribution in [0.15, 0.2) is 36.4 Å². The van der Waals surface area contributed by atoms with Gasteiger partial charge in [0.15, 0.2) is 0 Å². The Morgan fingerprint density at radius 2 is 1.70 bits per heavy atom. The molecule has 2 aromatic rings. The SMILES string of the molecule is FC(F)(F)c1ccc(C(c2ccc(Cl)s2)N2CCNCC2)cc1. The number of nitrogens with one attached hydrogen (secondary N) is 1. The Kier molecular flexibility index (Phi) is 4.96. The van der Waals surface area contributed by atoms with Gasteiger partial charge in [0.25, 0.3) is 0 Å². The summed E-state index contributed by atoms with van der Waals surface area (Å²) < 4.78 is 39.0. The van der Waals surface area contributed by atoms with E-state index in [0.717, 1.165) is 48.8 Å². The molecule has 1 N–H and O–H groups in total. The summed E-state index contributed by atoms with van der Waals surface area (Å²) in [4.78, 5) is 3.33. The van der Waals surface area contributed by atoms with Crippen LogP contribution in [0.4, 0.5) is 13.2 Å². The zero-order valence-corrected chi connectivity index (χ0v) is 13.8. The topological polar surface area (TPSA) is 15.3 Å². The van der Waals surface area contributed by atoms with Gasteiger partial charge in [-0.05, 0) is 29.8 Å². The van der Waals surface area contributed by atoms with Crippen LogP contribution >= 0.6 is 22.9 Å². The second-order valence-electron chi connectivity index (χ2n) is 5.45. The number of piperazine rings is 1. The molecule has 2 nitrogen and oxygen atoms in total. The molecule has 23 heavy (non-hydrogen) atoms. The Bertz CT molecular complexity index is 648. The molecule has 0 aliphatic carbocycles. The van der Waals surface area contributed by atoms with Crippen LogP contribution in [0.5, 0.6) is 0 Å². The number of thiophene rings is 1. The van der Waals surface area contributed by atoms with Gasteiger partial charge in [0.2, 0.25) is 0 Å². The third kappa shape index (κ3) is 3.88. The van der Waals surface area contributed by atoms with Crippen LogP contribution in [0, 0.1) is 0 Å². The summed E-state index contributed by atoms with van der Waals surface area (Å²) in [6, 6.07) is 9.18. The number of rotatable bonds is 3. The average molecular weight is 361 g/mol. The van der Waals surface area contributed by atoms with E-state index in [9.17, 15) is 13.2 Å². The summed E-state index contributed by atoms with van der Waals surface area (Å²) >= 11 is 7.53. The van der Waals surface area contributed by atoms with Crippen molar-refractivity contribution in [1.29, 1.82) is 0 Å². The molecular formula is C16H16ClF3N2S. The highest BCUT2D eigenvalue weighted by Crippen LogP contribution is 2.37. The van der Waals surface area contributed by atoms with Gasteiger partial charge in [-0.2, -0.15) is 13.2 Å². The van der Waals surface area contributed by atoms with Gasteiger partial charge in [0, 0.05) is 31.1 Å². The molecule has 3 rings (SSSR count). The first-order valence-corrected chi connectivity index (χ1v) is 8.52. The molecule has 124 valence electrons. The Morgan fingerprint density at radius 1 is 1.04 bits per heavy atom. The molecule has 2 heterocycles. The van der Waals surface area contributed by atoms with E-state index in [1.807, 2.05) is 12.1 Å². The van der Waals surface area contributed by atoms with Crippen molar-refractivity contribution in [3.63, 3.8) is 0 Å². The van der Waals surface area contributed by atoms with E-state index in [1.54, 1.807) is 12.1 Å². The second kappa shape index (κ2) is 6.81. The third-order valence-electron chi connectivity index (χ3n) is 3.93. The normalized spacial score (nSPS) is 18.1. The fourth-order valence-corrected chi connectivity index (χ4v) is 4.05. The highest BCUT2D eigenvalue weighted by atomic mass is 35.5. The highest BCUT2D eigenvalue weighted by molar-refractivity contribution is 7.16. The average Bonchev–Trinajstić information content (AvgIpc) is 2.94. The molecule has 1 aliphatic rings. The molecule has 1 saturated heterocycles. The van der Waals surface area contributed by atoms with Crippen molar-refractivity contribution in [1.82, 2.24) is 10.2 Å². The lowest BCUT2D eigenvalue weighted by Gasteiger charge is -2.34. The predicted molar refractivity (Wildman–Crippen MR) is 87.1 cm³/mol. The summed E-state index contributed by atoms with van der Waals surface area (Å²) in [6.07, 6.45) is -4.31. The second-order valence-corrected chi connectivity index (χ2v) is 7.20. The Hall–Kier alpha value is -1.08. The number of nitrogens with zero attached hydrogens (tertiary/aromatic N) is 1. The molecule has 1 aromatic carbocycles. The van der Waals surface area contributed by atoms with E-state index < -0.39 is 11.7 Å². The molecular weight excluding hydrogens is 345 g/mol. The van der Waals surface area contributed by atoms with Gasteiger partial charge in [-0.25, -0.2) is 0 Å². The molecule has 1 atom stereocenters. The van der Waals surface area contributed by atoms with Gasteiger partial charge < -0.3 is 5.32 Å². The standard InChI is InChI=1S/C16H16ClF3N2S/c17-14-6-5-13(23-14)15(22-9-7-21-8-10-22)11-1-3-12(4-2-11)16(18,19)20/h1-6,15,21H,7-10H2. The van der Waals surface area contributed by atoms with E-state index in [1.165, 1.54) is 11.3 Å². The molecule has 1 aliphatic heterocycles. The molecule has 0 bridgehead atoms. The Labute approximate surface area is 141 Å². The van der Waals surface area contributed by atoms with Crippen molar-refractivity contribution in [2.75, 3.05) is 26.2 Å². The van der Waals surface area contributed by atoms with Crippen LogP contribution in [0.1, 0.15) is 22.0 Å². The van der Waals surface area contributed by atoms with Gasteiger partial charge in [-0.1, -0.05) is 23.7 Å². The van der Waals surface area contributed by atoms with Crippen molar-refractivity contribution in [2.45, 2.75) is 12.2 Å². The minimum atomic E-state index is -4.31. The van der Waals surface area contributed by atoms with E-state index in [0.29, 0.717) is 4.34 Å². The van der Waals surface area contributed by atoms with Gasteiger partial charge >= 0.3 is 6.18 Å². The number of benzene rings is 1. The van der Waals surface area contributed by atoms with Crippen molar-refractivity contribution in [3.8, 4) is 0 Å². The molecule has 0 radical (unpaired) electrons. The van der Waals surface area contributed by atoms with Crippen LogP contribution in [-0.2, 0) is 6.18 Å². The van der Waals surface area contributed by atoms with Gasteiger partial charge in [-0.3, -0.25) is 4.90 Å². The third-order valence-corrected chi connectivity index (χ3v) is 5.22. The first kappa shape index (κ1) is 16.8. The number of alkyl halides is 3. The maximum atomic E-state index is 12.8. The summed E-state index contributed by atoms with van der Waals surface area (Å²) in [6.45, 7) is 3.44. The largest absolute Gasteiger partial charge is 0.416 e. The molecule has 0 spiro atoms. The molecule has 1 fully saturated rings. The summed E-state index contributed by atoms with van der Waals surface area (Å²) in [5.41, 5.74) is 0.239. The van der Waals surface area contributed by atoms with Crippen LogP contribution in [-0.4, -0.2) is 31.1 Å². The van der Waals surface area contributed by atoms with E-state index in [-0.39, 0.29) is 6.04 Å². The zero-order valence-electron chi connectivity index (χ0n) is 12.2. The van der Waals surface area contributed by atoms with E-state index in [2.05, 4.69) is 10.2 Å². The summed E-state index contributed by atoms with van der Waals surface area (Å²) in [5.74, 6) is 0. The number of hydrogen-bond acceptors (Lipinski definition) is 3. The molecule has 7 heteroatoms. The Morgan fingerprint density at radius 3 is 2.22 bits per heavy atom. The fraction of sp³-hybridized carbons (Fsp3) is 0.375. The lowest BCUT2D eigenvalue weighted by Crippen LogP contribution is -2.45. The molecule has 0 saturated carbocycles. The van der Waals surface area contributed by atoms with Crippen molar-refractivity contribution in [2.24, 2.45) is 0 Å². The van der Waals surface area contributed by atoms with Crippen molar-refractivity contribution < 1.29 is 13.2 Å². The van der Waals surface area contributed by atoms with Crippen molar-refractivity contribution in [3.05, 3.63) is 56.7 Å². The van der Waals surface area contributed by atoms with Gasteiger partial charge in [0.05, 0.1) is 15.9 Å². The maximum Gasteiger partial charge on any atom is 0.416 e. The monoisotopic (exact) mass is 360 g/mol. The highest BCUT2D eigenvalue weighted by Gasteiger charge is 2.31. The lowest BCUT2D eigenvalue weighted by molar-refractivity contribution is -0.137. The molecule has 0 amide bonds. The number of hydrogen-bond donors (Lipinski definition) is 1. The van der Waals surface area contributed by atoms with E-state index >= 15 is 0 Å². The van der Waals surface area contributed by atoms with Crippen LogP contribution < -0.4 is 5.32 Å². The minimum Gasteiger partial charge on any atom is -0.314 e. The lowest BCUT2D eigenvalue weighted by atomic mass is 10.0. The van der Waals surface area contributed by atoms with Gasteiger partial charge in [0.1, 0.15) is 0 Å². The smallest absolute Gasteiger partial charge is 0.314 e. The summed E-state index contributed by atoms with van der Waals surface area (Å²) in [5, 5.41) is 3.29. The van der Waals surface area contributed by atoms with Crippen LogP contribution in [0.3, 0.4) is 0 Å².